The van der Waals surface area contributed by atoms with Gasteiger partial charge in [0.25, 0.3) is 0 Å². The molecule has 0 aromatic heterocycles. The Morgan fingerprint density at radius 3 is 2.24 bits per heavy atom. The number of thiol groups is 1. The highest BCUT2D eigenvalue weighted by Gasteiger charge is 2.40. The SMILES string of the molecule is CC(C)(C)C(=O)N(C(=O)C(N)CS)[C@H](Cc1ccccc1)C(O)CO. The summed E-state index contributed by atoms with van der Waals surface area (Å²) in [5, 5.41) is 19.8. The van der Waals surface area contributed by atoms with E-state index in [0.29, 0.717) is 0 Å². The Hall–Kier alpha value is -1.41. The minimum atomic E-state index is -1.28. The Labute approximate surface area is 154 Å². The highest BCUT2D eigenvalue weighted by Crippen LogP contribution is 2.23. The average molecular weight is 368 g/mol. The van der Waals surface area contributed by atoms with E-state index in [1.165, 1.54) is 0 Å². The molecule has 140 valence electrons. The van der Waals surface area contributed by atoms with Gasteiger partial charge in [0.05, 0.1) is 24.8 Å². The molecule has 0 bridgehead atoms. The predicted octanol–water partition coefficient (Wildman–Crippen LogP) is 0.609. The third-order valence-electron chi connectivity index (χ3n) is 3.86. The lowest BCUT2D eigenvalue weighted by Gasteiger charge is -2.37. The van der Waals surface area contributed by atoms with Crippen molar-refractivity contribution in [3.05, 3.63) is 35.9 Å². The standard InChI is InChI=1S/C18H28N2O4S/c1-18(2,3)17(24)20(16(23)13(19)11-25)14(15(22)10-21)9-12-7-5-4-6-8-12/h4-8,13-15,21-22,25H,9-11,19H2,1-3H3/t13?,14-,15?/m1/s1. The first-order valence-corrected chi connectivity index (χ1v) is 8.83. The van der Waals surface area contributed by atoms with Crippen molar-refractivity contribution in [1.29, 1.82) is 0 Å². The van der Waals surface area contributed by atoms with Gasteiger partial charge in [-0.1, -0.05) is 51.1 Å². The molecule has 25 heavy (non-hydrogen) atoms. The highest BCUT2D eigenvalue weighted by molar-refractivity contribution is 7.80. The van der Waals surface area contributed by atoms with Crippen LogP contribution in [-0.2, 0) is 16.0 Å². The van der Waals surface area contributed by atoms with Crippen LogP contribution in [0, 0.1) is 5.41 Å². The topological polar surface area (TPSA) is 104 Å². The van der Waals surface area contributed by atoms with Gasteiger partial charge in [0.2, 0.25) is 11.8 Å². The van der Waals surface area contributed by atoms with E-state index < -0.39 is 42.0 Å². The third-order valence-corrected chi connectivity index (χ3v) is 4.26. The van der Waals surface area contributed by atoms with Gasteiger partial charge in [-0.3, -0.25) is 14.5 Å². The van der Waals surface area contributed by atoms with Crippen molar-refractivity contribution in [3.8, 4) is 0 Å². The summed E-state index contributed by atoms with van der Waals surface area (Å²) in [6.07, 6.45) is -1.06. The molecule has 0 saturated heterocycles. The van der Waals surface area contributed by atoms with Crippen LogP contribution >= 0.6 is 12.6 Å². The van der Waals surface area contributed by atoms with E-state index in [-0.39, 0.29) is 12.2 Å². The maximum absolute atomic E-state index is 12.9. The number of carbonyl (C=O) groups excluding carboxylic acids is 2. The molecule has 7 heteroatoms. The van der Waals surface area contributed by atoms with E-state index in [1.807, 2.05) is 30.3 Å². The van der Waals surface area contributed by atoms with Crippen molar-refractivity contribution < 1.29 is 19.8 Å². The fraction of sp³-hybridized carbons (Fsp3) is 0.556. The van der Waals surface area contributed by atoms with Crippen LogP contribution in [0.4, 0.5) is 0 Å². The maximum atomic E-state index is 12.9. The lowest BCUT2D eigenvalue weighted by atomic mass is 9.91. The van der Waals surface area contributed by atoms with Crippen LogP contribution in [0.2, 0.25) is 0 Å². The number of rotatable bonds is 7. The first-order chi connectivity index (χ1) is 11.6. The molecule has 0 spiro atoms. The van der Waals surface area contributed by atoms with E-state index in [9.17, 15) is 19.8 Å². The first-order valence-electron chi connectivity index (χ1n) is 8.20. The van der Waals surface area contributed by atoms with Crippen molar-refractivity contribution in [2.45, 2.75) is 45.4 Å². The number of hydrogen-bond acceptors (Lipinski definition) is 6. The molecule has 0 aliphatic rings. The highest BCUT2D eigenvalue weighted by atomic mass is 32.1. The Kier molecular flexibility index (Phi) is 8.08. The second-order valence-corrected chi connectivity index (χ2v) is 7.42. The summed E-state index contributed by atoms with van der Waals surface area (Å²) in [6.45, 7) is 4.49. The molecule has 0 fully saturated rings. The summed E-state index contributed by atoms with van der Waals surface area (Å²) in [4.78, 5) is 26.7. The first kappa shape index (κ1) is 21.6. The van der Waals surface area contributed by atoms with Crippen LogP contribution in [0.5, 0.6) is 0 Å². The smallest absolute Gasteiger partial charge is 0.247 e. The van der Waals surface area contributed by atoms with Gasteiger partial charge in [0.1, 0.15) is 0 Å². The van der Waals surface area contributed by atoms with Crippen LogP contribution in [0.15, 0.2) is 30.3 Å². The lowest BCUT2D eigenvalue weighted by Crippen LogP contribution is -2.59. The third kappa shape index (κ3) is 5.81. The monoisotopic (exact) mass is 368 g/mol. The van der Waals surface area contributed by atoms with Crippen LogP contribution < -0.4 is 5.73 Å². The number of imide groups is 1. The molecule has 2 amide bonds. The fourth-order valence-electron chi connectivity index (χ4n) is 2.41. The van der Waals surface area contributed by atoms with Crippen LogP contribution in [0.25, 0.3) is 0 Å². The van der Waals surface area contributed by atoms with E-state index >= 15 is 0 Å². The molecule has 3 atom stereocenters. The van der Waals surface area contributed by atoms with E-state index in [4.69, 9.17) is 5.73 Å². The maximum Gasteiger partial charge on any atom is 0.247 e. The quantitative estimate of drug-likeness (QED) is 0.528. The largest absolute Gasteiger partial charge is 0.394 e. The minimum Gasteiger partial charge on any atom is -0.394 e. The summed E-state index contributed by atoms with van der Waals surface area (Å²) >= 11 is 4.04. The molecule has 0 heterocycles. The Balaban J connectivity index is 3.31. The summed E-state index contributed by atoms with van der Waals surface area (Å²) in [5.41, 5.74) is 5.79. The number of amides is 2. The molecule has 1 aromatic rings. The molecule has 4 N–H and O–H groups in total. The van der Waals surface area contributed by atoms with Gasteiger partial charge in [-0.2, -0.15) is 12.6 Å². The molecule has 2 unspecified atom stereocenters. The lowest BCUT2D eigenvalue weighted by molar-refractivity contribution is -0.157. The number of aliphatic hydroxyl groups excluding tert-OH is 2. The Morgan fingerprint density at radius 1 is 1.24 bits per heavy atom. The van der Waals surface area contributed by atoms with Gasteiger partial charge in [-0.25, -0.2) is 0 Å². The number of carbonyl (C=O) groups is 2. The number of aliphatic hydroxyl groups is 2. The van der Waals surface area contributed by atoms with Gasteiger partial charge in [0.15, 0.2) is 0 Å². The molecule has 1 aromatic carbocycles. The number of nitrogens with two attached hydrogens (primary N) is 1. The molecule has 0 aliphatic carbocycles. The van der Waals surface area contributed by atoms with Crippen molar-refractivity contribution >= 4 is 24.4 Å². The molecular formula is C18H28N2O4S. The normalized spacial score (nSPS) is 15.3. The minimum absolute atomic E-state index is 0.0695. The molecule has 1 rings (SSSR count). The number of nitrogens with zero attached hydrogens (tertiary/aromatic N) is 1. The van der Waals surface area contributed by atoms with Crippen molar-refractivity contribution in [2.24, 2.45) is 11.1 Å². The van der Waals surface area contributed by atoms with Gasteiger partial charge in [-0.05, 0) is 12.0 Å². The number of hydrogen-bond donors (Lipinski definition) is 4. The summed E-state index contributed by atoms with van der Waals surface area (Å²) in [7, 11) is 0. The zero-order chi connectivity index (χ0) is 19.2. The zero-order valence-electron chi connectivity index (χ0n) is 14.9. The zero-order valence-corrected chi connectivity index (χ0v) is 15.8. The predicted molar refractivity (Wildman–Crippen MR) is 100 cm³/mol. The molecule has 0 saturated carbocycles. The summed E-state index contributed by atoms with van der Waals surface area (Å²) < 4.78 is 0. The van der Waals surface area contributed by atoms with Crippen molar-refractivity contribution in [1.82, 2.24) is 4.90 Å². The van der Waals surface area contributed by atoms with Crippen LogP contribution in [0.1, 0.15) is 26.3 Å². The molecule has 6 nitrogen and oxygen atoms in total. The van der Waals surface area contributed by atoms with Crippen LogP contribution in [0.3, 0.4) is 0 Å². The van der Waals surface area contributed by atoms with Crippen molar-refractivity contribution in [3.63, 3.8) is 0 Å². The van der Waals surface area contributed by atoms with E-state index in [0.717, 1.165) is 10.5 Å². The van der Waals surface area contributed by atoms with Gasteiger partial charge in [-0.15, -0.1) is 0 Å². The van der Waals surface area contributed by atoms with Gasteiger partial charge < -0.3 is 15.9 Å². The average Bonchev–Trinajstić information content (AvgIpc) is 2.59. The van der Waals surface area contributed by atoms with E-state index in [1.54, 1.807) is 20.8 Å². The number of benzene rings is 1. The Bertz CT molecular complexity index is 574. The second kappa shape index (κ2) is 9.33. The molecule has 0 aliphatic heterocycles. The summed E-state index contributed by atoms with van der Waals surface area (Å²) in [5.74, 6) is -0.994. The molecular weight excluding hydrogens is 340 g/mol. The second-order valence-electron chi connectivity index (χ2n) is 7.06. The van der Waals surface area contributed by atoms with Crippen LogP contribution in [-0.4, -0.2) is 57.5 Å². The summed E-state index contributed by atoms with van der Waals surface area (Å²) in [6, 6.07) is 7.28. The Morgan fingerprint density at radius 2 is 1.80 bits per heavy atom. The van der Waals surface area contributed by atoms with Gasteiger partial charge >= 0.3 is 0 Å². The van der Waals surface area contributed by atoms with Gasteiger partial charge in [0, 0.05) is 11.2 Å². The van der Waals surface area contributed by atoms with Crippen molar-refractivity contribution in [2.75, 3.05) is 12.4 Å². The fourth-order valence-corrected chi connectivity index (χ4v) is 2.57. The molecule has 0 radical (unpaired) electrons. The van der Waals surface area contributed by atoms with E-state index in [2.05, 4.69) is 12.6 Å².